The Bertz CT molecular complexity index is 692. The van der Waals surface area contributed by atoms with Gasteiger partial charge in [-0.1, -0.05) is 6.07 Å². The molecule has 0 aliphatic carbocycles. The summed E-state index contributed by atoms with van der Waals surface area (Å²) in [6.07, 6.45) is -2.06. The minimum Gasteiger partial charge on any atom is -0.384 e. The summed E-state index contributed by atoms with van der Waals surface area (Å²) in [4.78, 5) is 4.54. The molecule has 0 amide bonds. The molecule has 5 atom stereocenters. The van der Waals surface area contributed by atoms with Crippen LogP contribution in [0, 0.1) is 6.92 Å². The molecule has 3 fully saturated rings. The molecule has 1 aromatic rings. The van der Waals surface area contributed by atoms with Crippen molar-refractivity contribution in [2.75, 3.05) is 6.61 Å². The van der Waals surface area contributed by atoms with E-state index in [2.05, 4.69) is 4.98 Å². The topological polar surface area (TPSA) is 79.3 Å². The van der Waals surface area contributed by atoms with Crippen molar-refractivity contribution in [2.45, 2.75) is 82.8 Å². The van der Waals surface area contributed by atoms with Crippen molar-refractivity contribution in [1.29, 1.82) is 0 Å². The SMILES string of the molecule is Cc1cccc(C[C@@]2(O)[C@@H]([C@@H]3COC(C)(C)O3)O[C@@H]3OC(C)(C)O[C@@H]32)n1. The van der Waals surface area contributed by atoms with Crippen LogP contribution in [-0.4, -0.2) is 58.5 Å². The molecule has 0 spiro atoms. The Morgan fingerprint density at radius 3 is 2.50 bits per heavy atom. The molecule has 0 saturated carbocycles. The van der Waals surface area contributed by atoms with Gasteiger partial charge in [-0.15, -0.1) is 0 Å². The van der Waals surface area contributed by atoms with Gasteiger partial charge in [0.1, 0.15) is 23.9 Å². The molecular formula is C19H27NO6. The van der Waals surface area contributed by atoms with Crippen LogP contribution in [0.5, 0.6) is 0 Å². The van der Waals surface area contributed by atoms with Crippen LogP contribution in [0.15, 0.2) is 18.2 Å². The van der Waals surface area contributed by atoms with Gasteiger partial charge >= 0.3 is 0 Å². The van der Waals surface area contributed by atoms with Crippen LogP contribution in [0.3, 0.4) is 0 Å². The van der Waals surface area contributed by atoms with E-state index in [1.54, 1.807) is 0 Å². The van der Waals surface area contributed by atoms with Gasteiger partial charge in [0.25, 0.3) is 0 Å². The Kier molecular flexibility index (Phi) is 4.19. The average molecular weight is 365 g/mol. The Morgan fingerprint density at radius 2 is 1.85 bits per heavy atom. The predicted octanol–water partition coefficient (Wildman–Crippen LogP) is 1.69. The van der Waals surface area contributed by atoms with Crippen LogP contribution in [0.2, 0.25) is 0 Å². The molecular weight excluding hydrogens is 338 g/mol. The van der Waals surface area contributed by atoms with Crippen molar-refractivity contribution in [1.82, 2.24) is 4.98 Å². The molecule has 7 heteroatoms. The lowest BCUT2D eigenvalue weighted by atomic mass is 9.84. The third-order valence-electron chi connectivity index (χ3n) is 5.10. The van der Waals surface area contributed by atoms with Gasteiger partial charge in [0, 0.05) is 17.8 Å². The maximum Gasteiger partial charge on any atom is 0.190 e. The van der Waals surface area contributed by atoms with Crippen LogP contribution < -0.4 is 0 Å². The van der Waals surface area contributed by atoms with E-state index in [4.69, 9.17) is 23.7 Å². The molecule has 1 N–H and O–H groups in total. The first-order valence-electron chi connectivity index (χ1n) is 9.06. The van der Waals surface area contributed by atoms with Gasteiger partial charge in [0.15, 0.2) is 17.9 Å². The van der Waals surface area contributed by atoms with Crippen LogP contribution in [-0.2, 0) is 30.1 Å². The molecule has 0 unspecified atom stereocenters. The molecule has 7 nitrogen and oxygen atoms in total. The van der Waals surface area contributed by atoms with E-state index in [1.807, 2.05) is 52.8 Å². The van der Waals surface area contributed by atoms with Crippen LogP contribution in [0.25, 0.3) is 0 Å². The third kappa shape index (κ3) is 3.17. The summed E-state index contributed by atoms with van der Waals surface area (Å²) in [5.74, 6) is -1.53. The van der Waals surface area contributed by atoms with E-state index in [9.17, 15) is 5.11 Å². The molecule has 0 bridgehead atoms. The second kappa shape index (κ2) is 5.95. The van der Waals surface area contributed by atoms with Crippen molar-refractivity contribution in [2.24, 2.45) is 0 Å². The standard InChI is InChI=1S/C19H27NO6/c1-11-7-6-8-12(20-11)9-19(21)14(13-10-22-17(2,3)24-13)23-16-15(19)25-18(4,5)26-16/h6-8,13-16,21H,9-10H2,1-5H3/t13-,14+,15-,16+,19+/m0/s1. The number of pyridine rings is 1. The first-order valence-corrected chi connectivity index (χ1v) is 9.06. The Morgan fingerprint density at radius 1 is 1.08 bits per heavy atom. The number of hydrogen-bond acceptors (Lipinski definition) is 7. The quantitative estimate of drug-likeness (QED) is 0.873. The number of aliphatic hydroxyl groups is 1. The Labute approximate surface area is 153 Å². The van der Waals surface area contributed by atoms with Crippen LogP contribution in [0.1, 0.15) is 39.1 Å². The Hall–Kier alpha value is -1.09. The molecule has 0 radical (unpaired) electrons. The number of ether oxygens (including phenoxy) is 5. The van der Waals surface area contributed by atoms with Crippen LogP contribution >= 0.6 is 0 Å². The lowest BCUT2D eigenvalue weighted by Crippen LogP contribution is -2.55. The fourth-order valence-corrected chi connectivity index (χ4v) is 4.06. The molecule has 3 aliphatic heterocycles. The summed E-state index contributed by atoms with van der Waals surface area (Å²) < 4.78 is 29.6. The minimum absolute atomic E-state index is 0.278. The summed E-state index contributed by atoms with van der Waals surface area (Å²) in [6.45, 7) is 9.58. The summed E-state index contributed by atoms with van der Waals surface area (Å²) in [5.41, 5.74) is 0.324. The van der Waals surface area contributed by atoms with Gasteiger partial charge in [-0.25, -0.2) is 0 Å². The van der Waals surface area contributed by atoms with Crippen molar-refractivity contribution >= 4 is 0 Å². The summed E-state index contributed by atoms with van der Waals surface area (Å²) in [6, 6.07) is 5.75. The molecule has 144 valence electrons. The number of hydrogen-bond donors (Lipinski definition) is 1. The zero-order chi connectivity index (χ0) is 18.7. The number of rotatable bonds is 3. The van der Waals surface area contributed by atoms with E-state index < -0.39 is 41.8 Å². The number of aromatic nitrogens is 1. The van der Waals surface area contributed by atoms with Crippen molar-refractivity contribution < 1.29 is 28.8 Å². The van der Waals surface area contributed by atoms with Gasteiger partial charge < -0.3 is 28.8 Å². The summed E-state index contributed by atoms with van der Waals surface area (Å²) >= 11 is 0. The predicted molar refractivity (Wildman–Crippen MR) is 91.2 cm³/mol. The lowest BCUT2D eigenvalue weighted by molar-refractivity contribution is -0.248. The van der Waals surface area contributed by atoms with Crippen LogP contribution in [0.4, 0.5) is 0 Å². The first-order chi connectivity index (χ1) is 12.1. The van der Waals surface area contributed by atoms with Gasteiger partial charge in [0.2, 0.25) is 0 Å². The van der Waals surface area contributed by atoms with E-state index in [0.717, 1.165) is 11.4 Å². The zero-order valence-corrected chi connectivity index (χ0v) is 15.9. The minimum atomic E-state index is -1.34. The van der Waals surface area contributed by atoms with Gasteiger partial charge in [-0.3, -0.25) is 4.98 Å². The smallest absolute Gasteiger partial charge is 0.190 e. The van der Waals surface area contributed by atoms with Gasteiger partial charge in [-0.05, 0) is 46.8 Å². The van der Waals surface area contributed by atoms with E-state index in [1.165, 1.54) is 0 Å². The molecule has 3 saturated heterocycles. The van der Waals surface area contributed by atoms with Gasteiger partial charge in [0.05, 0.1) is 6.61 Å². The molecule has 3 aliphatic rings. The monoisotopic (exact) mass is 365 g/mol. The molecule has 4 rings (SSSR count). The molecule has 1 aromatic heterocycles. The summed E-state index contributed by atoms with van der Waals surface area (Å²) in [5, 5.41) is 11.7. The number of aryl methyl sites for hydroxylation is 1. The highest BCUT2D eigenvalue weighted by molar-refractivity contribution is 5.18. The average Bonchev–Trinajstić information content (AvgIpc) is 3.10. The molecule has 4 heterocycles. The zero-order valence-electron chi connectivity index (χ0n) is 15.9. The maximum absolute atomic E-state index is 11.7. The lowest BCUT2D eigenvalue weighted by Gasteiger charge is -2.35. The normalized spacial score (nSPS) is 40.7. The van der Waals surface area contributed by atoms with E-state index in [-0.39, 0.29) is 6.42 Å². The molecule has 26 heavy (non-hydrogen) atoms. The number of nitrogens with zero attached hydrogens (tertiary/aromatic N) is 1. The largest absolute Gasteiger partial charge is 0.384 e. The Balaban J connectivity index is 1.65. The van der Waals surface area contributed by atoms with E-state index >= 15 is 0 Å². The molecule has 0 aromatic carbocycles. The maximum atomic E-state index is 11.7. The second-order valence-corrected chi connectivity index (χ2v) is 8.29. The fourth-order valence-electron chi connectivity index (χ4n) is 4.06. The highest BCUT2D eigenvalue weighted by Crippen LogP contribution is 2.47. The highest BCUT2D eigenvalue weighted by atomic mass is 16.8. The number of fused-ring (bicyclic) bond motifs is 1. The van der Waals surface area contributed by atoms with E-state index in [0.29, 0.717) is 6.61 Å². The van der Waals surface area contributed by atoms with Crippen molar-refractivity contribution in [3.63, 3.8) is 0 Å². The van der Waals surface area contributed by atoms with Crippen molar-refractivity contribution in [3.8, 4) is 0 Å². The first kappa shape index (κ1) is 18.3. The fraction of sp³-hybridized carbons (Fsp3) is 0.737. The highest BCUT2D eigenvalue weighted by Gasteiger charge is 2.66. The third-order valence-corrected chi connectivity index (χ3v) is 5.10. The van der Waals surface area contributed by atoms with Crippen molar-refractivity contribution in [3.05, 3.63) is 29.6 Å². The second-order valence-electron chi connectivity index (χ2n) is 8.29. The van der Waals surface area contributed by atoms with Gasteiger partial charge in [-0.2, -0.15) is 0 Å². The summed E-state index contributed by atoms with van der Waals surface area (Å²) in [7, 11) is 0.